The lowest BCUT2D eigenvalue weighted by atomic mass is 10.1. The second kappa shape index (κ2) is 6.42. The van der Waals surface area contributed by atoms with Gasteiger partial charge in [0.1, 0.15) is 11.1 Å². The molecule has 0 unspecified atom stereocenters. The molecule has 0 amide bonds. The van der Waals surface area contributed by atoms with E-state index in [0.717, 1.165) is 22.6 Å². The van der Waals surface area contributed by atoms with Crippen molar-refractivity contribution in [1.82, 2.24) is 4.98 Å². The predicted molar refractivity (Wildman–Crippen MR) is 98.3 cm³/mol. The molecule has 4 nitrogen and oxygen atoms in total. The minimum Gasteiger partial charge on any atom is -0.454 e. The highest BCUT2D eigenvalue weighted by molar-refractivity contribution is 7.11. The number of rotatable bonds is 3. The van der Waals surface area contributed by atoms with Crippen LogP contribution in [0.3, 0.4) is 0 Å². The molecule has 5 heteroatoms. The van der Waals surface area contributed by atoms with Crippen LogP contribution in [0.4, 0.5) is 0 Å². The van der Waals surface area contributed by atoms with Crippen molar-refractivity contribution in [2.75, 3.05) is 6.79 Å². The number of allylic oxidation sites excluding steroid dienone is 1. The third kappa shape index (κ3) is 3.12. The Bertz CT molecular complexity index is 997. The molecule has 0 fully saturated rings. The number of aryl methyl sites for hydroxylation is 1. The van der Waals surface area contributed by atoms with Crippen molar-refractivity contribution in [2.24, 2.45) is 0 Å². The lowest BCUT2D eigenvalue weighted by Crippen LogP contribution is -1.92. The minimum absolute atomic E-state index is 0.236. The van der Waals surface area contributed by atoms with Gasteiger partial charge in [0, 0.05) is 10.9 Å². The molecule has 1 aliphatic rings. The quantitative estimate of drug-likeness (QED) is 0.632. The summed E-state index contributed by atoms with van der Waals surface area (Å²) in [6.45, 7) is 2.29. The van der Waals surface area contributed by atoms with Crippen LogP contribution in [-0.4, -0.2) is 11.8 Å². The topological polar surface area (TPSA) is 55.1 Å². The Morgan fingerprint density at radius 3 is 2.76 bits per heavy atom. The first-order valence-electron chi connectivity index (χ1n) is 7.77. The fraction of sp³-hybridized carbons (Fsp3) is 0.100. The summed E-state index contributed by atoms with van der Waals surface area (Å²) in [5.74, 6) is 1.43. The summed E-state index contributed by atoms with van der Waals surface area (Å²) in [6, 6.07) is 16.1. The Morgan fingerprint density at radius 1 is 1.16 bits per heavy atom. The summed E-state index contributed by atoms with van der Waals surface area (Å²) in [5.41, 5.74) is 4.55. The fourth-order valence-electron chi connectivity index (χ4n) is 2.57. The number of thiazole rings is 1. The molecular weight excluding hydrogens is 332 g/mol. The van der Waals surface area contributed by atoms with E-state index < -0.39 is 0 Å². The zero-order valence-electron chi connectivity index (χ0n) is 13.5. The van der Waals surface area contributed by atoms with Gasteiger partial charge in [-0.1, -0.05) is 35.9 Å². The second-order valence-corrected chi connectivity index (χ2v) is 6.54. The summed E-state index contributed by atoms with van der Waals surface area (Å²) < 4.78 is 10.7. The van der Waals surface area contributed by atoms with Gasteiger partial charge in [0.15, 0.2) is 11.5 Å². The van der Waals surface area contributed by atoms with E-state index >= 15 is 0 Å². The summed E-state index contributed by atoms with van der Waals surface area (Å²) >= 11 is 1.47. The maximum absolute atomic E-state index is 9.54. The Kier molecular flexibility index (Phi) is 3.96. The molecule has 0 saturated carbocycles. The summed E-state index contributed by atoms with van der Waals surface area (Å²) in [6.07, 6.45) is 1.82. The van der Waals surface area contributed by atoms with Gasteiger partial charge in [-0.2, -0.15) is 5.26 Å². The van der Waals surface area contributed by atoms with Crippen LogP contribution in [-0.2, 0) is 0 Å². The SMILES string of the molecule is Cc1ccc(-c2csc(C(C#N)=Cc3ccc4c(c3)OCO4)n2)cc1. The fourth-order valence-corrected chi connectivity index (χ4v) is 3.36. The molecule has 0 aliphatic carbocycles. The molecule has 2 heterocycles. The second-order valence-electron chi connectivity index (χ2n) is 5.69. The summed E-state index contributed by atoms with van der Waals surface area (Å²) in [4.78, 5) is 4.62. The van der Waals surface area contributed by atoms with Gasteiger partial charge in [0.05, 0.1) is 11.3 Å². The monoisotopic (exact) mass is 346 g/mol. The van der Waals surface area contributed by atoms with Gasteiger partial charge in [-0.25, -0.2) is 4.98 Å². The van der Waals surface area contributed by atoms with Crippen LogP contribution in [0.15, 0.2) is 47.8 Å². The standard InChI is InChI=1S/C20H14N2O2S/c1-13-2-5-15(6-3-13)17-11-25-20(22-17)16(10-21)8-14-4-7-18-19(9-14)24-12-23-18/h2-9,11H,12H2,1H3. The van der Waals surface area contributed by atoms with Crippen LogP contribution in [0.5, 0.6) is 11.5 Å². The van der Waals surface area contributed by atoms with Crippen molar-refractivity contribution in [3.63, 3.8) is 0 Å². The third-order valence-corrected chi connectivity index (χ3v) is 4.79. The Morgan fingerprint density at radius 2 is 1.96 bits per heavy atom. The number of hydrogen-bond acceptors (Lipinski definition) is 5. The van der Waals surface area contributed by atoms with Crippen molar-refractivity contribution in [3.05, 3.63) is 64.0 Å². The van der Waals surface area contributed by atoms with E-state index in [0.29, 0.717) is 16.3 Å². The van der Waals surface area contributed by atoms with E-state index in [9.17, 15) is 5.26 Å². The van der Waals surface area contributed by atoms with Gasteiger partial charge >= 0.3 is 0 Å². The number of aromatic nitrogens is 1. The number of ether oxygens (including phenoxy) is 2. The van der Waals surface area contributed by atoms with Crippen LogP contribution < -0.4 is 9.47 Å². The maximum atomic E-state index is 9.54. The molecule has 0 radical (unpaired) electrons. The number of nitriles is 1. The molecule has 4 rings (SSSR count). The molecule has 25 heavy (non-hydrogen) atoms. The lowest BCUT2D eigenvalue weighted by Gasteiger charge is -1.99. The van der Waals surface area contributed by atoms with Gasteiger partial charge in [-0.05, 0) is 30.7 Å². The first-order valence-corrected chi connectivity index (χ1v) is 8.65. The van der Waals surface area contributed by atoms with E-state index in [-0.39, 0.29) is 6.79 Å². The molecule has 1 aliphatic heterocycles. The number of hydrogen-bond donors (Lipinski definition) is 0. The Labute approximate surface area is 149 Å². The minimum atomic E-state index is 0.236. The van der Waals surface area contributed by atoms with Crippen LogP contribution in [0, 0.1) is 18.3 Å². The van der Waals surface area contributed by atoms with Crippen molar-refractivity contribution < 1.29 is 9.47 Å². The number of fused-ring (bicyclic) bond motifs is 1. The van der Waals surface area contributed by atoms with Crippen LogP contribution >= 0.6 is 11.3 Å². The first-order chi connectivity index (χ1) is 12.2. The normalized spacial score (nSPS) is 12.9. The van der Waals surface area contributed by atoms with Gasteiger partial charge in [-0.15, -0.1) is 11.3 Å². The van der Waals surface area contributed by atoms with Gasteiger partial charge < -0.3 is 9.47 Å². The van der Waals surface area contributed by atoms with Crippen molar-refractivity contribution >= 4 is 23.0 Å². The molecule has 3 aromatic rings. The first kappa shape index (κ1) is 15.4. The van der Waals surface area contributed by atoms with Crippen molar-refractivity contribution in [2.45, 2.75) is 6.92 Å². The summed E-state index contributed by atoms with van der Waals surface area (Å²) in [7, 11) is 0. The average Bonchev–Trinajstić information content (AvgIpc) is 3.29. The molecule has 1 aromatic heterocycles. The van der Waals surface area contributed by atoms with E-state index in [2.05, 4.69) is 30.1 Å². The molecule has 0 atom stereocenters. The largest absolute Gasteiger partial charge is 0.454 e. The Balaban J connectivity index is 1.65. The highest BCUT2D eigenvalue weighted by Gasteiger charge is 2.14. The van der Waals surface area contributed by atoms with Crippen molar-refractivity contribution in [1.29, 1.82) is 5.26 Å². The molecule has 122 valence electrons. The third-order valence-electron chi connectivity index (χ3n) is 3.91. The molecule has 0 bridgehead atoms. The van der Waals surface area contributed by atoms with Crippen LogP contribution in [0.1, 0.15) is 16.1 Å². The maximum Gasteiger partial charge on any atom is 0.231 e. The Hall–Kier alpha value is -3.10. The molecule has 2 aromatic carbocycles. The molecule has 0 spiro atoms. The molecule has 0 N–H and O–H groups in total. The smallest absolute Gasteiger partial charge is 0.231 e. The molecule has 0 saturated heterocycles. The van der Waals surface area contributed by atoms with Gasteiger partial charge in [-0.3, -0.25) is 0 Å². The van der Waals surface area contributed by atoms with Crippen LogP contribution in [0.2, 0.25) is 0 Å². The average molecular weight is 346 g/mol. The lowest BCUT2D eigenvalue weighted by molar-refractivity contribution is 0.174. The van der Waals surface area contributed by atoms with Gasteiger partial charge in [0.2, 0.25) is 6.79 Å². The van der Waals surface area contributed by atoms with E-state index in [1.807, 2.05) is 41.8 Å². The predicted octanol–water partition coefficient (Wildman–Crippen LogP) is 4.91. The van der Waals surface area contributed by atoms with Crippen molar-refractivity contribution in [3.8, 4) is 28.8 Å². The highest BCUT2D eigenvalue weighted by atomic mass is 32.1. The zero-order valence-corrected chi connectivity index (χ0v) is 14.3. The molecular formula is C20H14N2O2S. The van der Waals surface area contributed by atoms with Gasteiger partial charge in [0.25, 0.3) is 0 Å². The number of nitrogens with zero attached hydrogens (tertiary/aromatic N) is 2. The highest BCUT2D eigenvalue weighted by Crippen LogP contribution is 2.34. The number of benzene rings is 2. The van der Waals surface area contributed by atoms with Crippen LogP contribution in [0.25, 0.3) is 22.9 Å². The summed E-state index contributed by atoms with van der Waals surface area (Å²) in [5, 5.41) is 12.2. The zero-order chi connectivity index (χ0) is 17.2. The van der Waals surface area contributed by atoms with E-state index in [1.165, 1.54) is 16.9 Å². The van der Waals surface area contributed by atoms with E-state index in [1.54, 1.807) is 0 Å². The van der Waals surface area contributed by atoms with E-state index in [4.69, 9.17) is 9.47 Å².